The summed E-state index contributed by atoms with van der Waals surface area (Å²) in [5.74, 6) is 1.97. The van der Waals surface area contributed by atoms with E-state index in [4.69, 9.17) is 39.3 Å². The average molecular weight is 745 g/mol. The largest absolute Gasteiger partial charge is 0.496 e. The molecule has 1 aliphatic heterocycles. The van der Waals surface area contributed by atoms with Gasteiger partial charge in [0.25, 0.3) is 5.91 Å². The number of nitrogens with zero attached hydrogens (tertiary/aromatic N) is 4. The molecular weight excluding hydrogens is 706 g/mol. The van der Waals surface area contributed by atoms with Gasteiger partial charge in [0.05, 0.1) is 46.6 Å². The summed E-state index contributed by atoms with van der Waals surface area (Å²) < 4.78 is 30.0. The van der Waals surface area contributed by atoms with Crippen molar-refractivity contribution in [3.05, 3.63) is 128 Å². The van der Waals surface area contributed by atoms with Crippen LogP contribution < -0.4 is 24.3 Å². The van der Waals surface area contributed by atoms with Crippen LogP contribution >= 0.6 is 15.9 Å². The van der Waals surface area contributed by atoms with E-state index in [-0.39, 0.29) is 32.0 Å². The first-order chi connectivity index (χ1) is 24.4. The van der Waals surface area contributed by atoms with Crippen molar-refractivity contribution in [1.29, 1.82) is 0 Å². The molecule has 12 nitrogen and oxygen atoms in total. The molecule has 0 saturated carbocycles. The average Bonchev–Trinajstić information content (AvgIpc) is 3.54. The first-order valence-electron chi connectivity index (χ1n) is 15.9. The van der Waals surface area contributed by atoms with E-state index in [1.807, 2.05) is 60.7 Å². The van der Waals surface area contributed by atoms with Crippen molar-refractivity contribution in [1.82, 2.24) is 5.32 Å². The van der Waals surface area contributed by atoms with Crippen molar-refractivity contribution in [3.63, 3.8) is 0 Å². The lowest BCUT2D eigenvalue weighted by molar-refractivity contribution is -0.129. The summed E-state index contributed by atoms with van der Waals surface area (Å²) in [6.07, 6.45) is -0.256. The van der Waals surface area contributed by atoms with Gasteiger partial charge in [-0.05, 0) is 52.6 Å². The van der Waals surface area contributed by atoms with Crippen molar-refractivity contribution in [2.75, 3.05) is 34.5 Å². The minimum atomic E-state index is -1.53. The number of hydrogen-bond acceptors (Lipinski definition) is 9. The summed E-state index contributed by atoms with van der Waals surface area (Å²) in [5.41, 5.74) is 11.1. The van der Waals surface area contributed by atoms with Gasteiger partial charge < -0.3 is 34.1 Å². The molecule has 0 spiro atoms. The van der Waals surface area contributed by atoms with Crippen molar-refractivity contribution < 1.29 is 33.6 Å². The van der Waals surface area contributed by atoms with Crippen molar-refractivity contribution >= 4 is 27.7 Å². The summed E-state index contributed by atoms with van der Waals surface area (Å²) in [6, 6.07) is 25.7. The van der Waals surface area contributed by atoms with E-state index in [0.29, 0.717) is 58.3 Å². The topological polar surface area (TPSA) is 157 Å². The Balaban J connectivity index is 1.64. The highest BCUT2D eigenvalue weighted by atomic mass is 79.9. The molecule has 5 rings (SSSR count). The number of nitrogens with one attached hydrogen (secondary N) is 1. The van der Waals surface area contributed by atoms with E-state index in [1.165, 1.54) is 14.2 Å². The second-order valence-electron chi connectivity index (χ2n) is 11.3. The number of rotatable bonds is 16. The smallest absolute Gasteiger partial charge is 0.252 e. The fraction of sp³-hybridized carbons (Fsp3) is 0.297. The number of aliphatic hydroxyl groups excluding tert-OH is 1. The molecule has 4 aromatic carbocycles. The monoisotopic (exact) mass is 743 g/mol. The molecule has 1 aliphatic rings. The molecule has 1 amide bonds. The number of benzene rings is 4. The highest BCUT2D eigenvalue weighted by Gasteiger charge is 2.54. The SMILES string of the molecule is COc1cc(OC)c(CNC(=O)[C@]2(Cc3ccccc3Br)N=C(c3ccc(OCCCO)cc3)O[C@@H]2c2ccccc2CN=[N+]=[N-])c(OC)c1. The number of carbonyl (C=O) groups excluding carboxylic acids is 1. The number of amides is 1. The fourth-order valence-electron chi connectivity index (χ4n) is 5.81. The number of halogens is 1. The van der Waals surface area contributed by atoms with Gasteiger partial charge in [-0.3, -0.25) is 4.79 Å². The third-order valence-electron chi connectivity index (χ3n) is 8.33. The minimum absolute atomic E-state index is 0.0327. The number of methoxy groups -OCH3 is 3. The van der Waals surface area contributed by atoms with Crippen LogP contribution in [0.1, 0.15) is 40.3 Å². The van der Waals surface area contributed by atoms with Crippen LogP contribution in [0, 0.1) is 0 Å². The Kier molecular flexibility index (Phi) is 12.2. The third kappa shape index (κ3) is 7.97. The first kappa shape index (κ1) is 36.1. The van der Waals surface area contributed by atoms with Crippen LogP contribution in [0.5, 0.6) is 23.0 Å². The van der Waals surface area contributed by atoms with E-state index in [2.05, 4.69) is 31.3 Å². The maximum atomic E-state index is 14.9. The van der Waals surface area contributed by atoms with E-state index < -0.39 is 17.6 Å². The van der Waals surface area contributed by atoms with Crippen LogP contribution in [-0.2, 0) is 29.0 Å². The van der Waals surface area contributed by atoms with Gasteiger partial charge >= 0.3 is 0 Å². The number of hydrogen-bond donors (Lipinski definition) is 2. The van der Waals surface area contributed by atoms with Crippen molar-refractivity contribution in [2.24, 2.45) is 10.1 Å². The standard InChI is InChI=1S/C37H38BrN5O7/c1-46-28-19-32(47-2)30(33(20-28)48-3)23-40-36(45)37(21-25-9-5-7-12-31(25)38)34(29-11-6-4-10-26(29)22-41-43-39)50-35(42-37)24-13-15-27(16-14-24)49-18-8-17-44/h4-7,9-16,19-20,34,44H,8,17-18,21-23H2,1-3H3,(H,40,45)/t34-,37-/m1/s1. The number of carbonyl (C=O) groups is 1. The van der Waals surface area contributed by atoms with Gasteiger partial charge in [-0.1, -0.05) is 63.5 Å². The lowest BCUT2D eigenvalue weighted by Crippen LogP contribution is -2.50. The normalized spacial score (nSPS) is 16.4. The maximum Gasteiger partial charge on any atom is 0.252 e. The van der Waals surface area contributed by atoms with Crippen LogP contribution in [0.2, 0.25) is 0 Å². The Morgan fingerprint density at radius 1 is 0.980 bits per heavy atom. The predicted molar refractivity (Wildman–Crippen MR) is 192 cm³/mol. The molecule has 4 aromatic rings. The Morgan fingerprint density at radius 3 is 2.30 bits per heavy atom. The zero-order valence-electron chi connectivity index (χ0n) is 28.0. The Morgan fingerprint density at radius 2 is 1.66 bits per heavy atom. The Labute approximate surface area is 298 Å². The second kappa shape index (κ2) is 16.9. The van der Waals surface area contributed by atoms with Gasteiger partial charge in [0.2, 0.25) is 5.90 Å². The van der Waals surface area contributed by atoms with Crippen LogP contribution in [0.25, 0.3) is 10.4 Å². The summed E-state index contributed by atoms with van der Waals surface area (Å²) >= 11 is 3.67. The molecule has 0 saturated heterocycles. The molecule has 260 valence electrons. The molecular formula is C37H38BrN5O7. The minimum Gasteiger partial charge on any atom is -0.496 e. The first-order valence-corrected chi connectivity index (χ1v) is 16.7. The van der Waals surface area contributed by atoms with Gasteiger partial charge in [0, 0.05) is 46.5 Å². The number of aliphatic hydroxyl groups is 1. The van der Waals surface area contributed by atoms with Crippen LogP contribution in [0.15, 0.2) is 99.5 Å². The molecule has 1 heterocycles. The van der Waals surface area contributed by atoms with Gasteiger partial charge in [0.1, 0.15) is 23.0 Å². The summed E-state index contributed by atoms with van der Waals surface area (Å²) in [6.45, 7) is 0.501. The maximum absolute atomic E-state index is 14.9. The molecule has 2 atom stereocenters. The fourth-order valence-corrected chi connectivity index (χ4v) is 6.23. The Bertz CT molecular complexity index is 1860. The summed E-state index contributed by atoms with van der Waals surface area (Å²) in [5, 5.41) is 16.1. The van der Waals surface area contributed by atoms with Gasteiger partial charge in [-0.2, -0.15) is 0 Å². The highest BCUT2D eigenvalue weighted by molar-refractivity contribution is 9.10. The predicted octanol–water partition coefficient (Wildman–Crippen LogP) is 6.86. The van der Waals surface area contributed by atoms with Gasteiger partial charge in [-0.25, -0.2) is 4.99 Å². The van der Waals surface area contributed by atoms with Crippen molar-refractivity contribution in [3.8, 4) is 23.0 Å². The highest BCUT2D eigenvalue weighted by Crippen LogP contribution is 2.45. The number of azide groups is 1. The van der Waals surface area contributed by atoms with E-state index in [9.17, 15) is 4.79 Å². The van der Waals surface area contributed by atoms with Gasteiger partial charge in [-0.15, -0.1) is 0 Å². The zero-order valence-corrected chi connectivity index (χ0v) is 29.6. The molecule has 13 heteroatoms. The zero-order chi connectivity index (χ0) is 35.5. The van der Waals surface area contributed by atoms with Gasteiger partial charge in [0.15, 0.2) is 11.6 Å². The van der Waals surface area contributed by atoms with Crippen LogP contribution in [-0.4, -0.2) is 57.0 Å². The molecule has 0 aromatic heterocycles. The lowest BCUT2D eigenvalue weighted by Gasteiger charge is -2.32. The van der Waals surface area contributed by atoms with Crippen molar-refractivity contribution in [2.45, 2.75) is 37.6 Å². The van der Waals surface area contributed by atoms with E-state index in [0.717, 1.165) is 10.0 Å². The van der Waals surface area contributed by atoms with E-state index in [1.54, 1.807) is 31.4 Å². The third-order valence-corrected chi connectivity index (χ3v) is 9.11. The molecule has 0 bridgehead atoms. The molecule has 2 N–H and O–H groups in total. The number of aliphatic imine (C=N–C) groups is 1. The van der Waals surface area contributed by atoms with Crippen LogP contribution in [0.4, 0.5) is 0 Å². The Hall–Kier alpha value is -5.23. The second-order valence-corrected chi connectivity index (χ2v) is 12.2. The number of ether oxygens (including phenoxy) is 5. The quantitative estimate of drug-likeness (QED) is 0.0549. The summed E-state index contributed by atoms with van der Waals surface area (Å²) in [7, 11) is 4.62. The molecule has 0 radical (unpaired) electrons. The lowest BCUT2D eigenvalue weighted by atomic mass is 9.80. The van der Waals surface area contributed by atoms with Crippen LogP contribution in [0.3, 0.4) is 0 Å². The molecule has 0 aliphatic carbocycles. The van der Waals surface area contributed by atoms with E-state index >= 15 is 0 Å². The molecule has 50 heavy (non-hydrogen) atoms. The molecule has 0 fully saturated rings. The summed E-state index contributed by atoms with van der Waals surface area (Å²) in [4.78, 5) is 23.0. The molecule has 0 unspecified atom stereocenters.